The van der Waals surface area contributed by atoms with Crippen LogP contribution < -0.4 is 19.1 Å². The van der Waals surface area contributed by atoms with Gasteiger partial charge in [-0.2, -0.15) is 0 Å². The summed E-state index contributed by atoms with van der Waals surface area (Å²) in [6, 6.07) is 6.95. The molecule has 0 fully saturated rings. The highest BCUT2D eigenvalue weighted by molar-refractivity contribution is 7.92. The zero-order valence-electron chi connectivity index (χ0n) is 15.7. The summed E-state index contributed by atoms with van der Waals surface area (Å²) in [5.41, 5.74) is -0.00381. The SMILES string of the molecule is COc1cc(NC(=O)C(C)N(c2ccccc2F)S(C)(=O)=O)c(OC)cc1Cl. The predicted molar refractivity (Wildman–Crippen MR) is 106 cm³/mol. The molecular formula is C18H20ClFN2O5S. The van der Waals surface area contributed by atoms with E-state index in [2.05, 4.69) is 5.32 Å². The fraction of sp³-hybridized carbons (Fsp3) is 0.278. The maximum Gasteiger partial charge on any atom is 0.248 e. The Kier molecular flexibility index (Phi) is 6.73. The van der Waals surface area contributed by atoms with Crippen molar-refractivity contribution in [3.63, 3.8) is 0 Å². The Labute approximate surface area is 168 Å². The average Bonchev–Trinajstić information content (AvgIpc) is 2.63. The second-order valence-electron chi connectivity index (χ2n) is 5.86. The van der Waals surface area contributed by atoms with E-state index in [0.29, 0.717) is 5.75 Å². The molecule has 0 aliphatic heterocycles. The van der Waals surface area contributed by atoms with Gasteiger partial charge in [0.15, 0.2) is 0 Å². The van der Waals surface area contributed by atoms with Crippen molar-refractivity contribution in [1.82, 2.24) is 0 Å². The van der Waals surface area contributed by atoms with Crippen LogP contribution in [0.4, 0.5) is 15.8 Å². The Bertz CT molecular complexity index is 984. The number of halogens is 2. The Balaban J connectivity index is 2.41. The summed E-state index contributed by atoms with van der Waals surface area (Å²) in [5.74, 6) is -0.919. The molecule has 2 rings (SSSR count). The van der Waals surface area contributed by atoms with Gasteiger partial charge in [0, 0.05) is 12.1 Å². The lowest BCUT2D eigenvalue weighted by Crippen LogP contribution is -2.45. The van der Waals surface area contributed by atoms with Crippen molar-refractivity contribution >= 4 is 38.9 Å². The van der Waals surface area contributed by atoms with E-state index in [1.54, 1.807) is 0 Å². The molecule has 0 radical (unpaired) electrons. The molecule has 2 aromatic rings. The van der Waals surface area contributed by atoms with Gasteiger partial charge in [-0.15, -0.1) is 0 Å². The van der Waals surface area contributed by atoms with E-state index in [9.17, 15) is 17.6 Å². The molecule has 1 atom stereocenters. The normalized spacial score (nSPS) is 12.2. The number of carbonyl (C=O) groups is 1. The predicted octanol–water partition coefficient (Wildman–Crippen LogP) is 3.29. The molecule has 0 aliphatic carbocycles. The standard InChI is InChI=1S/C18H20ClFN2O5S/c1-11(22(28(4,24)25)15-8-6-5-7-13(15)20)18(23)21-14-10-16(26-2)12(19)9-17(14)27-3/h5-11H,1-4H3,(H,21,23). The molecule has 7 nitrogen and oxygen atoms in total. The van der Waals surface area contributed by atoms with Crippen LogP contribution in [-0.2, 0) is 14.8 Å². The highest BCUT2D eigenvalue weighted by atomic mass is 35.5. The van der Waals surface area contributed by atoms with Crippen LogP contribution in [0.2, 0.25) is 5.02 Å². The van der Waals surface area contributed by atoms with Crippen LogP contribution in [0.5, 0.6) is 11.5 Å². The molecule has 28 heavy (non-hydrogen) atoms. The van der Waals surface area contributed by atoms with Crippen LogP contribution in [0.25, 0.3) is 0 Å². The summed E-state index contributed by atoms with van der Waals surface area (Å²) < 4.78 is 49.8. The molecule has 0 bridgehead atoms. The van der Waals surface area contributed by atoms with Gasteiger partial charge in [-0.1, -0.05) is 23.7 Å². The maximum atomic E-state index is 14.2. The summed E-state index contributed by atoms with van der Waals surface area (Å²) in [4.78, 5) is 12.8. The van der Waals surface area contributed by atoms with Crippen molar-refractivity contribution in [1.29, 1.82) is 0 Å². The van der Waals surface area contributed by atoms with Crippen LogP contribution >= 0.6 is 11.6 Å². The summed E-state index contributed by atoms with van der Waals surface area (Å²) in [5, 5.41) is 2.85. The van der Waals surface area contributed by atoms with E-state index in [1.165, 1.54) is 51.5 Å². The number of nitrogens with zero attached hydrogens (tertiary/aromatic N) is 1. The second kappa shape index (κ2) is 8.66. The molecule has 0 spiro atoms. The third-order valence-corrected chi connectivity index (χ3v) is 5.43. The van der Waals surface area contributed by atoms with Gasteiger partial charge in [0.05, 0.1) is 36.9 Å². The molecule has 0 heterocycles. The van der Waals surface area contributed by atoms with Gasteiger partial charge in [-0.25, -0.2) is 12.8 Å². The zero-order valence-corrected chi connectivity index (χ0v) is 17.3. The van der Waals surface area contributed by atoms with E-state index >= 15 is 0 Å². The number of anilines is 2. The number of amides is 1. The van der Waals surface area contributed by atoms with Crippen molar-refractivity contribution in [2.24, 2.45) is 0 Å². The molecular weight excluding hydrogens is 411 g/mol. The number of para-hydroxylation sites is 1. The number of sulfonamides is 1. The van der Waals surface area contributed by atoms with Crippen molar-refractivity contribution in [3.05, 3.63) is 47.2 Å². The summed E-state index contributed by atoms with van der Waals surface area (Å²) in [7, 11) is -1.16. The third-order valence-electron chi connectivity index (χ3n) is 3.91. The van der Waals surface area contributed by atoms with Gasteiger partial charge < -0.3 is 14.8 Å². The molecule has 10 heteroatoms. The molecule has 1 N–H and O–H groups in total. The van der Waals surface area contributed by atoms with Crippen molar-refractivity contribution in [3.8, 4) is 11.5 Å². The minimum Gasteiger partial charge on any atom is -0.495 e. The maximum absolute atomic E-state index is 14.2. The topological polar surface area (TPSA) is 84.9 Å². The van der Waals surface area contributed by atoms with Crippen molar-refractivity contribution < 1.29 is 27.1 Å². The molecule has 1 unspecified atom stereocenters. The number of hydrogen-bond acceptors (Lipinski definition) is 5. The molecule has 1 amide bonds. The Morgan fingerprint density at radius 3 is 2.32 bits per heavy atom. The first-order chi connectivity index (χ1) is 13.1. The van der Waals surface area contributed by atoms with Gasteiger partial charge >= 0.3 is 0 Å². The van der Waals surface area contributed by atoms with Crippen LogP contribution in [0.1, 0.15) is 6.92 Å². The fourth-order valence-electron chi connectivity index (χ4n) is 2.61. The highest BCUT2D eigenvalue weighted by Gasteiger charge is 2.31. The van der Waals surface area contributed by atoms with Gasteiger partial charge in [-0.3, -0.25) is 9.10 Å². The Hall–Kier alpha value is -2.52. The van der Waals surface area contributed by atoms with Crippen LogP contribution in [0.15, 0.2) is 36.4 Å². The lowest BCUT2D eigenvalue weighted by Gasteiger charge is -2.28. The minimum absolute atomic E-state index is 0.225. The molecule has 0 aliphatic rings. The number of carbonyl (C=O) groups excluding carboxylic acids is 1. The summed E-state index contributed by atoms with van der Waals surface area (Å²) in [6.45, 7) is 1.35. The van der Waals surface area contributed by atoms with Gasteiger partial charge in [0.25, 0.3) is 0 Å². The van der Waals surface area contributed by atoms with Crippen LogP contribution in [-0.4, -0.2) is 40.8 Å². The lowest BCUT2D eigenvalue weighted by molar-refractivity contribution is -0.116. The summed E-state index contributed by atoms with van der Waals surface area (Å²) >= 11 is 6.04. The molecule has 0 aromatic heterocycles. The Morgan fingerprint density at radius 2 is 1.79 bits per heavy atom. The zero-order chi connectivity index (χ0) is 21.1. The second-order valence-corrected chi connectivity index (χ2v) is 8.13. The quantitative estimate of drug-likeness (QED) is 0.728. The largest absolute Gasteiger partial charge is 0.495 e. The van der Waals surface area contributed by atoms with E-state index < -0.39 is 27.8 Å². The van der Waals surface area contributed by atoms with Crippen molar-refractivity contribution in [2.45, 2.75) is 13.0 Å². The molecule has 152 valence electrons. The van der Waals surface area contributed by atoms with E-state index in [0.717, 1.165) is 16.6 Å². The number of hydrogen-bond donors (Lipinski definition) is 1. The number of ether oxygens (including phenoxy) is 2. The monoisotopic (exact) mass is 430 g/mol. The smallest absolute Gasteiger partial charge is 0.248 e. The number of methoxy groups -OCH3 is 2. The van der Waals surface area contributed by atoms with Gasteiger partial charge in [0.1, 0.15) is 23.4 Å². The number of benzene rings is 2. The van der Waals surface area contributed by atoms with Gasteiger partial charge in [0.2, 0.25) is 15.9 Å². The van der Waals surface area contributed by atoms with Crippen LogP contribution in [0.3, 0.4) is 0 Å². The minimum atomic E-state index is -3.96. The first-order valence-corrected chi connectivity index (χ1v) is 10.3. The highest BCUT2D eigenvalue weighted by Crippen LogP contribution is 2.36. The number of rotatable bonds is 7. The third kappa shape index (κ3) is 4.66. The molecule has 0 saturated carbocycles. The first-order valence-electron chi connectivity index (χ1n) is 8.06. The number of nitrogens with one attached hydrogen (secondary N) is 1. The average molecular weight is 431 g/mol. The van der Waals surface area contributed by atoms with Crippen molar-refractivity contribution in [2.75, 3.05) is 30.1 Å². The van der Waals surface area contributed by atoms with E-state index in [-0.39, 0.29) is 22.1 Å². The summed E-state index contributed by atoms with van der Waals surface area (Å²) in [6.07, 6.45) is 0.898. The first kappa shape index (κ1) is 21.8. The lowest BCUT2D eigenvalue weighted by atomic mass is 10.2. The fourth-order valence-corrected chi connectivity index (χ4v) is 4.01. The van der Waals surface area contributed by atoms with E-state index in [4.69, 9.17) is 21.1 Å². The Morgan fingerprint density at radius 1 is 1.18 bits per heavy atom. The van der Waals surface area contributed by atoms with E-state index in [1.807, 2.05) is 0 Å². The molecule has 2 aromatic carbocycles. The van der Waals surface area contributed by atoms with Crippen LogP contribution in [0, 0.1) is 5.82 Å². The van der Waals surface area contributed by atoms with Gasteiger partial charge in [-0.05, 0) is 19.1 Å². The molecule has 0 saturated heterocycles.